The van der Waals surface area contributed by atoms with Gasteiger partial charge in [0.2, 0.25) is 0 Å². The molecule has 0 spiro atoms. The van der Waals surface area contributed by atoms with Crippen molar-refractivity contribution in [3.63, 3.8) is 0 Å². The molecule has 3 rings (SSSR count). The van der Waals surface area contributed by atoms with Gasteiger partial charge in [-0.05, 0) is 85.5 Å². The standard InChI is InChI=1S/C27H25N3O3/c1-18-5-4-6-23(13-18)29-26(31)17-33-25-11-8-21(9-12-25)15-22(16-28)27(32)30-24-10-7-19(2)20(3)14-24/h4-15H,17H2,1-3H3,(H,29,31)(H,30,32)/b22-15+. The van der Waals surface area contributed by atoms with Gasteiger partial charge in [-0.25, -0.2) is 0 Å². The summed E-state index contributed by atoms with van der Waals surface area (Å²) in [5, 5.41) is 15.0. The number of rotatable bonds is 7. The second-order valence-electron chi connectivity index (χ2n) is 7.70. The van der Waals surface area contributed by atoms with Crippen LogP contribution in [0.3, 0.4) is 0 Å². The fourth-order valence-corrected chi connectivity index (χ4v) is 3.06. The summed E-state index contributed by atoms with van der Waals surface area (Å²) >= 11 is 0. The van der Waals surface area contributed by atoms with Crippen molar-refractivity contribution in [2.75, 3.05) is 17.2 Å². The summed E-state index contributed by atoms with van der Waals surface area (Å²) in [5.74, 6) is -0.238. The number of carbonyl (C=O) groups is 2. The lowest BCUT2D eigenvalue weighted by molar-refractivity contribution is -0.118. The summed E-state index contributed by atoms with van der Waals surface area (Å²) in [4.78, 5) is 24.6. The highest BCUT2D eigenvalue weighted by molar-refractivity contribution is 6.09. The van der Waals surface area contributed by atoms with Gasteiger partial charge in [-0.1, -0.05) is 30.3 Å². The Kier molecular flexibility index (Phi) is 7.61. The van der Waals surface area contributed by atoms with Crippen molar-refractivity contribution < 1.29 is 14.3 Å². The molecule has 0 aromatic heterocycles. The minimum Gasteiger partial charge on any atom is -0.484 e. The van der Waals surface area contributed by atoms with Crippen molar-refractivity contribution in [2.24, 2.45) is 0 Å². The van der Waals surface area contributed by atoms with E-state index in [0.29, 0.717) is 22.7 Å². The van der Waals surface area contributed by atoms with Crippen LogP contribution < -0.4 is 15.4 Å². The molecule has 6 nitrogen and oxygen atoms in total. The SMILES string of the molecule is Cc1cccc(NC(=O)COc2ccc(/C=C(\C#N)C(=O)Nc3ccc(C)c(C)c3)cc2)c1. The molecule has 0 aliphatic heterocycles. The molecule has 0 heterocycles. The Morgan fingerprint density at radius 3 is 2.30 bits per heavy atom. The molecule has 3 aromatic carbocycles. The van der Waals surface area contributed by atoms with Crippen LogP contribution in [0.2, 0.25) is 0 Å². The quantitative estimate of drug-likeness (QED) is 0.392. The molecule has 0 bridgehead atoms. The van der Waals surface area contributed by atoms with Gasteiger partial charge in [-0.3, -0.25) is 9.59 Å². The lowest BCUT2D eigenvalue weighted by Gasteiger charge is -2.09. The molecule has 0 atom stereocenters. The van der Waals surface area contributed by atoms with Crippen molar-refractivity contribution >= 4 is 29.3 Å². The van der Waals surface area contributed by atoms with E-state index in [1.165, 1.54) is 6.08 Å². The first-order valence-corrected chi connectivity index (χ1v) is 10.4. The van der Waals surface area contributed by atoms with E-state index < -0.39 is 5.91 Å². The molecule has 166 valence electrons. The van der Waals surface area contributed by atoms with E-state index in [-0.39, 0.29) is 18.1 Å². The Morgan fingerprint density at radius 2 is 1.64 bits per heavy atom. The molecule has 0 saturated heterocycles. The Bertz CT molecular complexity index is 1240. The van der Waals surface area contributed by atoms with Gasteiger partial charge in [0, 0.05) is 11.4 Å². The normalized spacial score (nSPS) is 10.8. The molecule has 0 aliphatic rings. The molecule has 0 saturated carbocycles. The minimum atomic E-state index is -0.478. The van der Waals surface area contributed by atoms with Gasteiger partial charge >= 0.3 is 0 Å². The van der Waals surface area contributed by atoms with Crippen LogP contribution in [-0.4, -0.2) is 18.4 Å². The average Bonchev–Trinajstić information content (AvgIpc) is 2.79. The maximum absolute atomic E-state index is 12.5. The molecule has 2 amide bonds. The molecule has 2 N–H and O–H groups in total. The maximum atomic E-state index is 12.5. The van der Waals surface area contributed by atoms with Crippen LogP contribution in [0.4, 0.5) is 11.4 Å². The number of aryl methyl sites for hydroxylation is 3. The zero-order chi connectivity index (χ0) is 23.8. The molecule has 3 aromatic rings. The first-order chi connectivity index (χ1) is 15.8. The van der Waals surface area contributed by atoms with Gasteiger partial charge in [0.1, 0.15) is 17.4 Å². The molecule has 0 radical (unpaired) electrons. The lowest BCUT2D eigenvalue weighted by Crippen LogP contribution is -2.20. The fraction of sp³-hybridized carbons (Fsp3) is 0.148. The molecule has 0 fully saturated rings. The smallest absolute Gasteiger partial charge is 0.266 e. The maximum Gasteiger partial charge on any atom is 0.266 e. The topological polar surface area (TPSA) is 91.2 Å². The molecule has 33 heavy (non-hydrogen) atoms. The summed E-state index contributed by atoms with van der Waals surface area (Å²) in [6.07, 6.45) is 1.50. The van der Waals surface area contributed by atoms with Crippen molar-refractivity contribution in [1.29, 1.82) is 5.26 Å². The Balaban J connectivity index is 1.58. The van der Waals surface area contributed by atoms with Crippen LogP contribution in [0.25, 0.3) is 6.08 Å². The predicted molar refractivity (Wildman–Crippen MR) is 130 cm³/mol. The second-order valence-corrected chi connectivity index (χ2v) is 7.70. The number of benzene rings is 3. The van der Waals surface area contributed by atoms with E-state index in [2.05, 4.69) is 10.6 Å². The first kappa shape index (κ1) is 23.3. The molecular weight excluding hydrogens is 414 g/mol. The third-order valence-corrected chi connectivity index (χ3v) is 4.99. The van der Waals surface area contributed by atoms with E-state index in [1.807, 2.05) is 63.2 Å². The number of hydrogen-bond donors (Lipinski definition) is 2. The monoisotopic (exact) mass is 439 g/mol. The van der Waals surface area contributed by atoms with E-state index in [0.717, 1.165) is 16.7 Å². The summed E-state index contributed by atoms with van der Waals surface area (Å²) in [6.45, 7) is 5.77. The Morgan fingerprint density at radius 1 is 0.909 bits per heavy atom. The van der Waals surface area contributed by atoms with E-state index >= 15 is 0 Å². The average molecular weight is 440 g/mol. The zero-order valence-corrected chi connectivity index (χ0v) is 18.8. The number of nitriles is 1. The number of hydrogen-bond acceptors (Lipinski definition) is 4. The van der Waals surface area contributed by atoms with Gasteiger partial charge in [-0.15, -0.1) is 0 Å². The van der Waals surface area contributed by atoms with Crippen molar-refractivity contribution in [1.82, 2.24) is 0 Å². The highest BCUT2D eigenvalue weighted by Gasteiger charge is 2.10. The van der Waals surface area contributed by atoms with Crippen LogP contribution in [0, 0.1) is 32.1 Å². The lowest BCUT2D eigenvalue weighted by atomic mass is 10.1. The highest BCUT2D eigenvalue weighted by Crippen LogP contribution is 2.18. The zero-order valence-electron chi connectivity index (χ0n) is 18.8. The summed E-state index contributed by atoms with van der Waals surface area (Å²) in [5.41, 5.74) is 5.23. The fourth-order valence-electron chi connectivity index (χ4n) is 3.06. The van der Waals surface area contributed by atoms with Crippen LogP contribution >= 0.6 is 0 Å². The highest BCUT2D eigenvalue weighted by atomic mass is 16.5. The van der Waals surface area contributed by atoms with Gasteiger partial charge in [0.15, 0.2) is 6.61 Å². The predicted octanol–water partition coefficient (Wildman–Crippen LogP) is 5.18. The van der Waals surface area contributed by atoms with E-state index in [1.54, 1.807) is 30.3 Å². The van der Waals surface area contributed by atoms with Gasteiger partial charge in [0.05, 0.1) is 0 Å². The largest absolute Gasteiger partial charge is 0.484 e. The minimum absolute atomic E-state index is 0.0144. The van der Waals surface area contributed by atoms with Crippen molar-refractivity contribution in [3.8, 4) is 11.8 Å². The third kappa shape index (κ3) is 6.81. The number of carbonyl (C=O) groups excluding carboxylic acids is 2. The number of nitrogens with zero attached hydrogens (tertiary/aromatic N) is 1. The van der Waals surface area contributed by atoms with Crippen molar-refractivity contribution in [2.45, 2.75) is 20.8 Å². The number of amides is 2. The van der Waals surface area contributed by atoms with Gasteiger partial charge in [-0.2, -0.15) is 5.26 Å². The summed E-state index contributed by atoms with van der Waals surface area (Å²) < 4.78 is 5.53. The van der Waals surface area contributed by atoms with Crippen LogP contribution in [-0.2, 0) is 9.59 Å². The van der Waals surface area contributed by atoms with E-state index in [9.17, 15) is 14.9 Å². The molecule has 6 heteroatoms. The number of ether oxygens (including phenoxy) is 1. The molecule has 0 unspecified atom stereocenters. The number of anilines is 2. The first-order valence-electron chi connectivity index (χ1n) is 10.4. The third-order valence-electron chi connectivity index (χ3n) is 4.99. The van der Waals surface area contributed by atoms with E-state index in [4.69, 9.17) is 4.74 Å². The second kappa shape index (κ2) is 10.8. The molecule has 0 aliphatic carbocycles. The Labute approximate surface area is 193 Å². The Hall–Kier alpha value is -4.37. The molecular formula is C27H25N3O3. The summed E-state index contributed by atoms with van der Waals surface area (Å²) in [7, 11) is 0. The van der Waals surface area contributed by atoms with Crippen LogP contribution in [0.5, 0.6) is 5.75 Å². The van der Waals surface area contributed by atoms with Crippen molar-refractivity contribution in [3.05, 3.63) is 94.6 Å². The van der Waals surface area contributed by atoms with Crippen LogP contribution in [0.15, 0.2) is 72.3 Å². The number of nitrogens with one attached hydrogen (secondary N) is 2. The van der Waals surface area contributed by atoms with Gasteiger partial charge in [0.25, 0.3) is 11.8 Å². The van der Waals surface area contributed by atoms with Crippen LogP contribution in [0.1, 0.15) is 22.3 Å². The van der Waals surface area contributed by atoms with Gasteiger partial charge < -0.3 is 15.4 Å². The summed E-state index contributed by atoms with van der Waals surface area (Å²) in [6, 6.07) is 21.8.